The van der Waals surface area contributed by atoms with Crippen LogP contribution in [0.25, 0.3) is 0 Å². The second-order valence-electron chi connectivity index (χ2n) is 7.14. The average molecular weight is 397 g/mol. The lowest BCUT2D eigenvalue weighted by molar-refractivity contribution is 0.0498. The van der Waals surface area contributed by atoms with E-state index in [0.717, 1.165) is 36.5 Å². The van der Waals surface area contributed by atoms with E-state index in [2.05, 4.69) is 0 Å². The van der Waals surface area contributed by atoms with Gasteiger partial charge < -0.3 is 14.5 Å². The second kappa shape index (κ2) is 7.87. The first kappa shape index (κ1) is 18.9. The van der Waals surface area contributed by atoms with Crippen molar-refractivity contribution in [1.82, 2.24) is 9.80 Å². The van der Waals surface area contributed by atoms with Crippen molar-refractivity contribution in [3.05, 3.63) is 65.7 Å². The van der Waals surface area contributed by atoms with E-state index in [1.165, 1.54) is 0 Å². The molecule has 2 saturated heterocycles. The van der Waals surface area contributed by atoms with Crippen LogP contribution in [0.4, 0.5) is 0 Å². The number of likely N-dealkylation sites (tertiary alicyclic amines) is 1. The van der Waals surface area contributed by atoms with Gasteiger partial charge in [-0.1, -0.05) is 18.2 Å². The van der Waals surface area contributed by atoms with Crippen LogP contribution in [0, 0.1) is 0 Å². The quantitative estimate of drug-likeness (QED) is 0.797. The first-order valence-electron chi connectivity index (χ1n) is 9.57. The minimum absolute atomic E-state index is 0.0653. The van der Waals surface area contributed by atoms with E-state index in [0.29, 0.717) is 18.7 Å². The molecule has 146 valence electrons. The molecule has 2 aliphatic heterocycles. The van der Waals surface area contributed by atoms with Crippen molar-refractivity contribution < 1.29 is 14.3 Å². The maximum atomic E-state index is 13.1. The summed E-state index contributed by atoms with van der Waals surface area (Å²) in [6.07, 6.45) is 1.61. The van der Waals surface area contributed by atoms with E-state index in [4.69, 9.17) is 4.74 Å². The lowest BCUT2D eigenvalue weighted by Gasteiger charge is -2.44. The Hall–Kier alpha value is -2.47. The third-order valence-electron chi connectivity index (χ3n) is 5.61. The van der Waals surface area contributed by atoms with Crippen LogP contribution in [0.5, 0.6) is 5.75 Å². The molecule has 0 atom stereocenters. The van der Waals surface area contributed by atoms with E-state index >= 15 is 0 Å². The molecule has 0 aromatic heterocycles. The molecule has 2 amide bonds. The number of hydrogen-bond acceptors (Lipinski definition) is 4. The molecule has 0 radical (unpaired) electrons. The van der Waals surface area contributed by atoms with Gasteiger partial charge >= 0.3 is 0 Å². The van der Waals surface area contributed by atoms with Gasteiger partial charge in [0, 0.05) is 36.5 Å². The first-order chi connectivity index (χ1) is 13.6. The Labute approximate surface area is 169 Å². The molecule has 0 unspecified atom stereocenters. The Morgan fingerprint density at radius 1 is 0.893 bits per heavy atom. The van der Waals surface area contributed by atoms with Crippen LogP contribution >= 0.6 is 11.8 Å². The summed E-state index contributed by atoms with van der Waals surface area (Å²) < 4.78 is 5.19. The fourth-order valence-electron chi connectivity index (χ4n) is 4.02. The van der Waals surface area contributed by atoms with Gasteiger partial charge in [-0.3, -0.25) is 9.59 Å². The van der Waals surface area contributed by atoms with Crippen LogP contribution in [-0.2, 0) is 0 Å². The Morgan fingerprint density at radius 2 is 1.54 bits per heavy atom. The highest BCUT2D eigenvalue weighted by atomic mass is 32.2. The predicted molar refractivity (Wildman–Crippen MR) is 111 cm³/mol. The molecular formula is C22H24N2O3S. The fourth-order valence-corrected chi connectivity index (χ4v) is 5.48. The number of amides is 2. The standard InChI is InChI=1S/C22H24N2O3S/c1-27-19-9-7-18(8-10-19)21(26)24-15-16-28-22(24)11-13-23(14-12-22)20(25)17-5-3-2-4-6-17/h2-10H,11-16H2,1H3. The van der Waals surface area contributed by atoms with Crippen LogP contribution in [0.1, 0.15) is 33.6 Å². The Balaban J connectivity index is 1.46. The molecule has 0 bridgehead atoms. The minimum Gasteiger partial charge on any atom is -0.497 e. The summed E-state index contributed by atoms with van der Waals surface area (Å²) >= 11 is 1.86. The summed E-state index contributed by atoms with van der Waals surface area (Å²) in [4.78, 5) is 29.6. The Kier molecular flexibility index (Phi) is 5.31. The molecule has 5 nitrogen and oxygen atoms in total. The minimum atomic E-state index is -0.204. The molecule has 2 fully saturated rings. The molecule has 2 heterocycles. The highest BCUT2D eigenvalue weighted by molar-refractivity contribution is 8.00. The summed E-state index contributed by atoms with van der Waals surface area (Å²) in [5.41, 5.74) is 1.41. The summed E-state index contributed by atoms with van der Waals surface area (Å²) in [6, 6.07) is 16.7. The lowest BCUT2D eigenvalue weighted by atomic mass is 10.00. The fraction of sp³-hybridized carbons (Fsp3) is 0.364. The van der Waals surface area contributed by atoms with Crippen molar-refractivity contribution >= 4 is 23.6 Å². The summed E-state index contributed by atoms with van der Waals surface area (Å²) in [7, 11) is 1.62. The van der Waals surface area contributed by atoms with Crippen LogP contribution < -0.4 is 4.74 Å². The number of ether oxygens (including phenoxy) is 1. The zero-order valence-electron chi connectivity index (χ0n) is 16.0. The zero-order valence-corrected chi connectivity index (χ0v) is 16.8. The van der Waals surface area contributed by atoms with Gasteiger partial charge in [0.1, 0.15) is 5.75 Å². The van der Waals surface area contributed by atoms with Crippen LogP contribution in [0.15, 0.2) is 54.6 Å². The molecule has 2 aromatic carbocycles. The molecule has 4 rings (SSSR count). The van der Waals surface area contributed by atoms with Gasteiger partial charge in [-0.25, -0.2) is 0 Å². The van der Waals surface area contributed by atoms with E-state index in [9.17, 15) is 9.59 Å². The maximum absolute atomic E-state index is 13.1. The third-order valence-corrected chi connectivity index (χ3v) is 7.17. The van der Waals surface area contributed by atoms with Crippen molar-refractivity contribution in [3.8, 4) is 5.75 Å². The average Bonchev–Trinajstić information content (AvgIpc) is 3.17. The maximum Gasteiger partial charge on any atom is 0.255 e. The van der Waals surface area contributed by atoms with E-state index in [1.54, 1.807) is 7.11 Å². The molecule has 0 N–H and O–H groups in total. The summed E-state index contributed by atoms with van der Waals surface area (Å²) in [5.74, 6) is 1.82. The largest absolute Gasteiger partial charge is 0.497 e. The second-order valence-corrected chi connectivity index (χ2v) is 8.60. The number of benzene rings is 2. The van der Waals surface area contributed by atoms with Crippen LogP contribution in [-0.4, -0.2) is 59.0 Å². The molecule has 28 heavy (non-hydrogen) atoms. The SMILES string of the molecule is COc1ccc(C(=O)N2CCSC23CCN(C(=O)c2ccccc2)CC3)cc1. The molecule has 1 spiro atoms. The monoisotopic (exact) mass is 396 g/mol. The summed E-state index contributed by atoms with van der Waals surface area (Å²) in [6.45, 7) is 2.10. The number of hydrogen-bond donors (Lipinski definition) is 0. The van der Waals surface area contributed by atoms with Gasteiger partial charge in [0.05, 0.1) is 12.0 Å². The Morgan fingerprint density at radius 3 is 2.18 bits per heavy atom. The smallest absolute Gasteiger partial charge is 0.255 e. The Bertz CT molecular complexity index is 846. The summed E-state index contributed by atoms with van der Waals surface area (Å²) in [5, 5.41) is 0. The number of carbonyl (C=O) groups excluding carboxylic acids is 2. The van der Waals surface area contributed by atoms with Gasteiger partial charge in [0.2, 0.25) is 0 Å². The topological polar surface area (TPSA) is 49.9 Å². The molecule has 2 aliphatic rings. The third kappa shape index (κ3) is 3.49. The highest BCUT2D eigenvalue weighted by Gasteiger charge is 2.47. The van der Waals surface area contributed by atoms with Crippen molar-refractivity contribution in [2.75, 3.05) is 32.5 Å². The van der Waals surface area contributed by atoms with E-state index < -0.39 is 0 Å². The number of thioether (sulfide) groups is 1. The highest BCUT2D eigenvalue weighted by Crippen LogP contribution is 2.44. The van der Waals surface area contributed by atoms with Crippen LogP contribution in [0.3, 0.4) is 0 Å². The molecular weight excluding hydrogens is 372 g/mol. The predicted octanol–water partition coefficient (Wildman–Crippen LogP) is 3.52. The number of nitrogens with zero attached hydrogens (tertiary/aromatic N) is 2. The zero-order chi connectivity index (χ0) is 19.6. The number of piperidine rings is 1. The van der Waals surface area contributed by atoms with Crippen molar-refractivity contribution in [3.63, 3.8) is 0 Å². The van der Waals surface area contributed by atoms with E-state index in [-0.39, 0.29) is 16.7 Å². The molecule has 0 aliphatic carbocycles. The van der Waals surface area contributed by atoms with Crippen LogP contribution in [0.2, 0.25) is 0 Å². The normalized spacial score (nSPS) is 18.3. The number of rotatable bonds is 3. The van der Waals surface area contributed by atoms with Crippen molar-refractivity contribution in [2.24, 2.45) is 0 Å². The van der Waals surface area contributed by atoms with Gasteiger partial charge in [0.25, 0.3) is 11.8 Å². The van der Waals surface area contributed by atoms with Crippen molar-refractivity contribution in [2.45, 2.75) is 17.7 Å². The van der Waals surface area contributed by atoms with Gasteiger partial charge in [-0.05, 0) is 49.2 Å². The number of methoxy groups -OCH3 is 1. The number of carbonyl (C=O) groups is 2. The van der Waals surface area contributed by atoms with E-state index in [1.807, 2.05) is 76.2 Å². The molecule has 2 aromatic rings. The molecule has 6 heteroatoms. The van der Waals surface area contributed by atoms with Gasteiger partial charge in [0.15, 0.2) is 0 Å². The lowest BCUT2D eigenvalue weighted by Crippen LogP contribution is -2.53. The van der Waals surface area contributed by atoms with Gasteiger partial charge in [-0.15, -0.1) is 11.8 Å². The van der Waals surface area contributed by atoms with Gasteiger partial charge in [-0.2, -0.15) is 0 Å². The first-order valence-corrected chi connectivity index (χ1v) is 10.6. The molecule has 0 saturated carbocycles. The van der Waals surface area contributed by atoms with Crippen molar-refractivity contribution in [1.29, 1.82) is 0 Å².